The predicted octanol–water partition coefficient (Wildman–Crippen LogP) is 2.95. The molecule has 2 rings (SSSR count). The Kier molecular flexibility index (Phi) is 4.23. The summed E-state index contributed by atoms with van der Waals surface area (Å²) in [7, 11) is 0. The third-order valence-electron chi connectivity index (χ3n) is 2.57. The van der Waals surface area contributed by atoms with Gasteiger partial charge in [0.25, 0.3) is 5.91 Å². The Hall–Kier alpha value is -2.09. The van der Waals surface area contributed by atoms with Gasteiger partial charge >= 0.3 is 5.97 Å². The van der Waals surface area contributed by atoms with Gasteiger partial charge in [-0.25, -0.2) is 4.79 Å². The Balaban J connectivity index is 2.30. The average molecular weight is 383 g/mol. The second-order valence-corrected chi connectivity index (χ2v) is 5.25. The summed E-state index contributed by atoms with van der Waals surface area (Å²) in [5, 5.41) is 21.0. The molecule has 0 heterocycles. The topological polar surface area (TPSA) is 86.6 Å². The number of nitrogens with one attached hydrogen (secondary N) is 1. The minimum Gasteiger partial charge on any atom is -0.508 e. The molecule has 2 aromatic rings. The zero-order chi connectivity index (χ0) is 14.7. The number of hydrogen-bond donors (Lipinski definition) is 3. The van der Waals surface area contributed by atoms with Crippen LogP contribution in [0.25, 0.3) is 0 Å². The maximum Gasteiger partial charge on any atom is 0.337 e. The van der Waals surface area contributed by atoms with E-state index in [0.29, 0.717) is 0 Å². The van der Waals surface area contributed by atoms with Crippen LogP contribution >= 0.6 is 22.6 Å². The van der Waals surface area contributed by atoms with E-state index in [1.807, 2.05) is 22.6 Å². The Morgan fingerprint density at radius 3 is 2.50 bits per heavy atom. The van der Waals surface area contributed by atoms with Crippen LogP contribution in [0, 0.1) is 3.57 Å². The van der Waals surface area contributed by atoms with Crippen LogP contribution in [0.2, 0.25) is 0 Å². The van der Waals surface area contributed by atoms with E-state index >= 15 is 0 Å². The first-order valence-corrected chi connectivity index (χ1v) is 6.68. The lowest BCUT2D eigenvalue weighted by Gasteiger charge is -2.09. The number of hydrogen-bond acceptors (Lipinski definition) is 3. The lowest BCUT2D eigenvalue weighted by atomic mass is 10.1. The molecule has 1 amide bonds. The van der Waals surface area contributed by atoms with E-state index in [1.54, 1.807) is 6.07 Å². The van der Waals surface area contributed by atoms with Crippen LogP contribution in [0.15, 0.2) is 42.5 Å². The highest BCUT2D eigenvalue weighted by Gasteiger charge is 2.14. The van der Waals surface area contributed by atoms with E-state index in [2.05, 4.69) is 5.32 Å². The minimum atomic E-state index is -1.12. The monoisotopic (exact) mass is 383 g/mol. The third-order valence-corrected chi connectivity index (χ3v) is 3.24. The summed E-state index contributed by atoms with van der Waals surface area (Å²) in [5.74, 6) is -1.63. The predicted molar refractivity (Wildman–Crippen MR) is 82.2 cm³/mol. The van der Waals surface area contributed by atoms with E-state index in [0.717, 1.165) is 3.57 Å². The van der Waals surface area contributed by atoms with Crippen LogP contribution in [-0.4, -0.2) is 22.1 Å². The summed E-state index contributed by atoms with van der Waals surface area (Å²) in [6, 6.07) is 10.5. The van der Waals surface area contributed by atoms with Gasteiger partial charge in [0.2, 0.25) is 0 Å². The number of carbonyl (C=O) groups excluding carboxylic acids is 1. The van der Waals surface area contributed by atoms with Crippen LogP contribution in [0.5, 0.6) is 5.75 Å². The molecular weight excluding hydrogens is 373 g/mol. The van der Waals surface area contributed by atoms with Crippen molar-refractivity contribution in [3.05, 3.63) is 57.2 Å². The zero-order valence-electron chi connectivity index (χ0n) is 10.1. The van der Waals surface area contributed by atoms with Crippen molar-refractivity contribution in [1.29, 1.82) is 0 Å². The van der Waals surface area contributed by atoms with Crippen LogP contribution in [0.1, 0.15) is 20.7 Å². The van der Waals surface area contributed by atoms with Gasteiger partial charge in [0.05, 0.1) is 11.3 Å². The lowest BCUT2D eigenvalue weighted by Crippen LogP contribution is -2.14. The molecule has 5 nitrogen and oxygen atoms in total. The van der Waals surface area contributed by atoms with E-state index in [9.17, 15) is 14.7 Å². The number of carbonyl (C=O) groups is 2. The van der Waals surface area contributed by atoms with Crippen molar-refractivity contribution in [1.82, 2.24) is 0 Å². The molecule has 6 heteroatoms. The van der Waals surface area contributed by atoms with Gasteiger partial charge < -0.3 is 15.5 Å². The maximum atomic E-state index is 12.0. The van der Waals surface area contributed by atoms with Crippen molar-refractivity contribution in [3.63, 3.8) is 0 Å². The van der Waals surface area contributed by atoms with Crippen LogP contribution < -0.4 is 5.32 Å². The Bertz CT molecular complexity index is 685. The molecule has 20 heavy (non-hydrogen) atoms. The fourth-order valence-electron chi connectivity index (χ4n) is 1.64. The summed E-state index contributed by atoms with van der Waals surface area (Å²) in [6.45, 7) is 0. The van der Waals surface area contributed by atoms with E-state index in [1.165, 1.54) is 36.4 Å². The molecule has 102 valence electrons. The fourth-order valence-corrected chi connectivity index (χ4v) is 2.14. The van der Waals surface area contributed by atoms with Crippen molar-refractivity contribution >= 4 is 40.2 Å². The molecule has 0 bridgehead atoms. The van der Waals surface area contributed by atoms with Crippen LogP contribution in [-0.2, 0) is 0 Å². The van der Waals surface area contributed by atoms with Gasteiger partial charge in [-0.05, 0) is 59.0 Å². The summed E-state index contributed by atoms with van der Waals surface area (Å²) in [4.78, 5) is 23.2. The highest BCUT2D eigenvalue weighted by Crippen LogP contribution is 2.20. The van der Waals surface area contributed by atoms with Gasteiger partial charge in [-0.15, -0.1) is 0 Å². The Labute approximate surface area is 128 Å². The van der Waals surface area contributed by atoms with Crippen molar-refractivity contribution in [2.24, 2.45) is 0 Å². The van der Waals surface area contributed by atoms with Gasteiger partial charge in [0.1, 0.15) is 5.75 Å². The molecular formula is C14H10INO4. The van der Waals surface area contributed by atoms with Gasteiger partial charge in [-0.2, -0.15) is 0 Å². The first kappa shape index (κ1) is 14.3. The summed E-state index contributed by atoms with van der Waals surface area (Å²) >= 11 is 2.00. The number of halogens is 1. The molecule has 0 saturated carbocycles. The number of aromatic hydroxyl groups is 1. The molecule has 3 N–H and O–H groups in total. The molecule has 0 aliphatic carbocycles. The molecule has 0 aliphatic heterocycles. The largest absolute Gasteiger partial charge is 0.508 e. The van der Waals surface area contributed by atoms with Gasteiger partial charge in [0, 0.05) is 9.13 Å². The summed E-state index contributed by atoms with van der Waals surface area (Å²) in [6.07, 6.45) is 0. The Morgan fingerprint density at radius 1 is 1.10 bits per heavy atom. The number of benzene rings is 2. The number of carboxylic acids is 1. The third kappa shape index (κ3) is 3.27. The van der Waals surface area contributed by atoms with Crippen molar-refractivity contribution in [2.45, 2.75) is 0 Å². The average Bonchev–Trinajstić information content (AvgIpc) is 2.40. The van der Waals surface area contributed by atoms with Gasteiger partial charge in [-0.1, -0.05) is 6.07 Å². The van der Waals surface area contributed by atoms with E-state index < -0.39 is 11.9 Å². The zero-order valence-corrected chi connectivity index (χ0v) is 12.3. The van der Waals surface area contributed by atoms with Crippen LogP contribution in [0.3, 0.4) is 0 Å². The number of amides is 1. The standard InChI is InChI=1S/C14H10INO4/c15-9-4-5-12(11(7-9)14(19)20)16-13(18)8-2-1-3-10(17)6-8/h1-7,17H,(H,16,18)(H,19,20). The molecule has 0 saturated heterocycles. The molecule has 0 atom stereocenters. The second-order valence-electron chi connectivity index (χ2n) is 4.00. The number of phenolic OH excluding ortho intramolecular Hbond substituents is 1. The lowest BCUT2D eigenvalue weighted by molar-refractivity contribution is 0.0698. The molecule has 2 aromatic carbocycles. The molecule has 0 radical (unpaired) electrons. The smallest absolute Gasteiger partial charge is 0.337 e. The molecule has 0 spiro atoms. The Morgan fingerprint density at radius 2 is 1.85 bits per heavy atom. The van der Waals surface area contributed by atoms with Crippen molar-refractivity contribution in [3.8, 4) is 5.75 Å². The first-order valence-electron chi connectivity index (χ1n) is 5.60. The van der Waals surface area contributed by atoms with Crippen LogP contribution in [0.4, 0.5) is 5.69 Å². The summed E-state index contributed by atoms with van der Waals surface area (Å²) < 4.78 is 0.760. The number of rotatable bonds is 3. The second kappa shape index (κ2) is 5.91. The molecule has 0 aromatic heterocycles. The summed E-state index contributed by atoms with van der Waals surface area (Å²) in [5.41, 5.74) is 0.483. The van der Waals surface area contributed by atoms with Gasteiger partial charge in [-0.3, -0.25) is 4.79 Å². The van der Waals surface area contributed by atoms with E-state index in [-0.39, 0.29) is 22.6 Å². The number of anilines is 1. The number of carboxylic acid groups (broad SMARTS) is 1. The van der Waals surface area contributed by atoms with Crippen molar-refractivity contribution in [2.75, 3.05) is 5.32 Å². The highest BCUT2D eigenvalue weighted by atomic mass is 127. The molecule has 0 unspecified atom stereocenters. The first-order chi connectivity index (χ1) is 9.47. The van der Waals surface area contributed by atoms with E-state index in [4.69, 9.17) is 5.11 Å². The maximum absolute atomic E-state index is 12.0. The minimum absolute atomic E-state index is 0.0189. The number of phenols is 1. The van der Waals surface area contributed by atoms with Crippen molar-refractivity contribution < 1.29 is 19.8 Å². The SMILES string of the molecule is O=C(Nc1ccc(I)cc1C(=O)O)c1cccc(O)c1. The van der Waals surface area contributed by atoms with Gasteiger partial charge in [0.15, 0.2) is 0 Å². The quantitative estimate of drug-likeness (QED) is 0.712. The fraction of sp³-hybridized carbons (Fsp3) is 0. The molecule has 0 fully saturated rings. The normalized spacial score (nSPS) is 10.1. The number of aromatic carboxylic acids is 1. The highest BCUT2D eigenvalue weighted by molar-refractivity contribution is 14.1. The molecule has 0 aliphatic rings.